The van der Waals surface area contributed by atoms with Gasteiger partial charge in [0.05, 0.1) is 11.4 Å². The van der Waals surface area contributed by atoms with Crippen molar-refractivity contribution >= 4 is 47.6 Å². The van der Waals surface area contributed by atoms with Crippen molar-refractivity contribution in [2.75, 3.05) is 0 Å². The Labute approximate surface area is 294 Å². The summed E-state index contributed by atoms with van der Waals surface area (Å²) in [5.41, 5.74) is 13.3. The highest BCUT2D eigenvalue weighted by atomic mass is 14.8. The molecular weight excluding hydrogens is 605 g/mol. The Bertz CT molecular complexity index is 2000. The number of hydrogen-bond donors (Lipinski definition) is 0. The summed E-state index contributed by atoms with van der Waals surface area (Å²) in [5.74, 6) is 0. The topological polar surface area (TPSA) is 25.8 Å². The van der Waals surface area contributed by atoms with E-state index >= 15 is 0 Å². The van der Waals surface area contributed by atoms with Crippen molar-refractivity contribution in [2.45, 2.75) is 0 Å². The van der Waals surface area contributed by atoms with Gasteiger partial charge in [-0.15, -0.1) is 0 Å². The SMILES string of the molecule is C(=Cc1nccnc1C=Cc1ccc(C=C(c2ccccc2)c2ccccc2)cc1)c1ccc(C=C(c2ccccc2)c2ccccc2)cc1. The number of nitrogens with zero attached hydrogens (tertiary/aromatic N) is 2. The number of benzene rings is 6. The van der Waals surface area contributed by atoms with E-state index in [0.717, 1.165) is 33.6 Å². The van der Waals surface area contributed by atoms with Gasteiger partial charge in [-0.3, -0.25) is 9.97 Å². The molecule has 2 heteroatoms. The first kappa shape index (κ1) is 31.9. The van der Waals surface area contributed by atoms with Crippen LogP contribution < -0.4 is 0 Å². The van der Waals surface area contributed by atoms with Crippen molar-refractivity contribution in [1.29, 1.82) is 0 Å². The zero-order chi connectivity index (χ0) is 33.8. The van der Waals surface area contributed by atoms with E-state index in [-0.39, 0.29) is 0 Å². The van der Waals surface area contributed by atoms with E-state index in [9.17, 15) is 0 Å². The van der Waals surface area contributed by atoms with E-state index in [4.69, 9.17) is 0 Å². The van der Waals surface area contributed by atoms with Gasteiger partial charge in [-0.05, 0) is 80.0 Å². The molecule has 0 aliphatic heterocycles. The average Bonchev–Trinajstić information content (AvgIpc) is 3.20. The second-order valence-electron chi connectivity index (χ2n) is 11.9. The van der Waals surface area contributed by atoms with Gasteiger partial charge in [-0.1, -0.05) is 182 Å². The van der Waals surface area contributed by atoms with Crippen molar-refractivity contribution in [3.63, 3.8) is 0 Å². The van der Waals surface area contributed by atoms with Gasteiger partial charge in [0.15, 0.2) is 0 Å². The van der Waals surface area contributed by atoms with Crippen molar-refractivity contribution < 1.29 is 0 Å². The third kappa shape index (κ3) is 8.25. The molecule has 0 unspecified atom stereocenters. The Balaban J connectivity index is 1.07. The monoisotopic (exact) mass is 640 g/mol. The molecule has 0 bridgehead atoms. The zero-order valence-electron chi connectivity index (χ0n) is 27.7. The molecule has 7 aromatic rings. The van der Waals surface area contributed by atoms with Crippen LogP contribution in [0.5, 0.6) is 0 Å². The van der Waals surface area contributed by atoms with Crippen LogP contribution >= 0.6 is 0 Å². The molecule has 0 aliphatic rings. The molecule has 50 heavy (non-hydrogen) atoms. The van der Waals surface area contributed by atoms with Crippen molar-refractivity contribution in [3.8, 4) is 0 Å². The molecule has 6 aromatic carbocycles. The van der Waals surface area contributed by atoms with Crippen LogP contribution in [-0.2, 0) is 0 Å². The second kappa shape index (κ2) is 16.0. The molecular formula is C48H36N2. The molecule has 0 aliphatic carbocycles. The lowest BCUT2D eigenvalue weighted by Crippen LogP contribution is -1.90. The van der Waals surface area contributed by atoms with Crippen LogP contribution in [0.1, 0.15) is 55.9 Å². The normalized spacial score (nSPS) is 11.0. The lowest BCUT2D eigenvalue weighted by Gasteiger charge is -2.09. The second-order valence-corrected chi connectivity index (χ2v) is 11.9. The highest BCUT2D eigenvalue weighted by Crippen LogP contribution is 2.28. The van der Waals surface area contributed by atoms with Crippen LogP contribution in [0.2, 0.25) is 0 Å². The number of hydrogen-bond acceptors (Lipinski definition) is 2. The predicted molar refractivity (Wildman–Crippen MR) is 212 cm³/mol. The fraction of sp³-hybridized carbons (Fsp3) is 0. The largest absolute Gasteiger partial charge is 0.253 e. The molecule has 1 heterocycles. The van der Waals surface area contributed by atoms with E-state index in [1.165, 1.54) is 33.4 Å². The van der Waals surface area contributed by atoms with Crippen LogP contribution in [0.4, 0.5) is 0 Å². The van der Waals surface area contributed by atoms with Gasteiger partial charge in [0.25, 0.3) is 0 Å². The van der Waals surface area contributed by atoms with E-state index < -0.39 is 0 Å². The third-order valence-corrected chi connectivity index (χ3v) is 8.46. The minimum absolute atomic E-state index is 0.818. The fourth-order valence-electron chi connectivity index (χ4n) is 5.84. The summed E-state index contributed by atoms with van der Waals surface area (Å²) < 4.78 is 0. The molecule has 0 saturated heterocycles. The van der Waals surface area contributed by atoms with Crippen LogP contribution in [0, 0.1) is 0 Å². The molecule has 0 spiro atoms. The van der Waals surface area contributed by atoms with Crippen LogP contribution in [0.15, 0.2) is 182 Å². The Hall–Kier alpha value is -6.64. The Morgan fingerprint density at radius 3 is 0.880 bits per heavy atom. The van der Waals surface area contributed by atoms with Crippen molar-refractivity contribution in [3.05, 3.63) is 238 Å². The van der Waals surface area contributed by atoms with Gasteiger partial charge in [-0.25, -0.2) is 0 Å². The van der Waals surface area contributed by atoms with Gasteiger partial charge in [0.1, 0.15) is 0 Å². The maximum atomic E-state index is 4.62. The maximum Gasteiger partial charge on any atom is 0.0886 e. The first-order valence-electron chi connectivity index (χ1n) is 16.8. The Kier molecular flexibility index (Phi) is 10.2. The van der Waals surface area contributed by atoms with Crippen molar-refractivity contribution in [2.24, 2.45) is 0 Å². The summed E-state index contributed by atoms with van der Waals surface area (Å²) in [7, 11) is 0. The van der Waals surface area contributed by atoms with Gasteiger partial charge in [0, 0.05) is 12.4 Å². The van der Waals surface area contributed by atoms with E-state index in [0.29, 0.717) is 0 Å². The maximum absolute atomic E-state index is 4.62. The predicted octanol–water partition coefficient (Wildman–Crippen LogP) is 12.0. The number of aromatic nitrogens is 2. The molecule has 0 amide bonds. The molecule has 238 valence electrons. The minimum atomic E-state index is 0.818. The van der Waals surface area contributed by atoms with Gasteiger partial charge < -0.3 is 0 Å². The van der Waals surface area contributed by atoms with Gasteiger partial charge >= 0.3 is 0 Å². The smallest absolute Gasteiger partial charge is 0.0886 e. The summed E-state index contributed by atoms with van der Waals surface area (Å²) in [6, 6.07) is 59.3. The lowest BCUT2D eigenvalue weighted by molar-refractivity contribution is 1.16. The van der Waals surface area contributed by atoms with Crippen LogP contribution in [0.25, 0.3) is 47.6 Å². The van der Waals surface area contributed by atoms with E-state index in [2.05, 4.69) is 204 Å². The standard InChI is InChI=1S/C48H36N2/c1-5-13-41(14-6-1)45(42-15-7-2-8-16-42)35-39-25-21-37(22-26-39)29-31-47-48(50-34-33-49-47)32-30-38-23-27-40(28-24-38)36-46(43-17-9-3-10-18-43)44-19-11-4-12-20-44/h1-36H. The van der Waals surface area contributed by atoms with Crippen LogP contribution in [-0.4, -0.2) is 9.97 Å². The summed E-state index contributed by atoms with van der Waals surface area (Å²) in [6.07, 6.45) is 16.2. The highest BCUT2D eigenvalue weighted by molar-refractivity contribution is 5.92. The lowest BCUT2D eigenvalue weighted by atomic mass is 9.95. The van der Waals surface area contributed by atoms with Crippen molar-refractivity contribution in [1.82, 2.24) is 9.97 Å². The average molecular weight is 641 g/mol. The molecule has 7 rings (SSSR count). The van der Waals surface area contributed by atoms with Crippen LogP contribution in [0.3, 0.4) is 0 Å². The first-order valence-corrected chi connectivity index (χ1v) is 16.8. The van der Waals surface area contributed by atoms with Gasteiger partial charge in [-0.2, -0.15) is 0 Å². The summed E-state index contributed by atoms with van der Waals surface area (Å²) in [4.78, 5) is 9.23. The van der Waals surface area contributed by atoms with E-state index in [1.54, 1.807) is 12.4 Å². The Morgan fingerprint density at radius 2 is 0.580 bits per heavy atom. The zero-order valence-corrected chi connectivity index (χ0v) is 27.7. The summed E-state index contributed by atoms with van der Waals surface area (Å²) >= 11 is 0. The molecule has 0 atom stereocenters. The molecule has 0 N–H and O–H groups in total. The third-order valence-electron chi connectivity index (χ3n) is 8.46. The summed E-state index contributed by atoms with van der Waals surface area (Å²) in [5, 5.41) is 0. The first-order chi connectivity index (χ1) is 24.8. The number of rotatable bonds is 10. The quantitative estimate of drug-likeness (QED) is 0.139. The molecule has 0 fully saturated rings. The highest BCUT2D eigenvalue weighted by Gasteiger charge is 2.06. The molecule has 1 aromatic heterocycles. The molecule has 0 radical (unpaired) electrons. The van der Waals surface area contributed by atoms with Gasteiger partial charge in [0.2, 0.25) is 0 Å². The molecule has 0 saturated carbocycles. The fourth-order valence-corrected chi connectivity index (χ4v) is 5.84. The van der Waals surface area contributed by atoms with E-state index in [1.807, 2.05) is 12.2 Å². The summed E-state index contributed by atoms with van der Waals surface area (Å²) in [6.45, 7) is 0. The Morgan fingerprint density at radius 1 is 0.300 bits per heavy atom. The minimum Gasteiger partial charge on any atom is -0.253 e. The molecule has 2 nitrogen and oxygen atoms in total.